The summed E-state index contributed by atoms with van der Waals surface area (Å²) < 4.78 is 5.43. The fourth-order valence-corrected chi connectivity index (χ4v) is 3.22. The molecule has 2 saturated heterocycles. The van der Waals surface area contributed by atoms with Crippen LogP contribution in [0.15, 0.2) is 0 Å². The molecule has 24 heavy (non-hydrogen) atoms. The predicted octanol–water partition coefficient (Wildman–Crippen LogP) is 3.36. The van der Waals surface area contributed by atoms with Crippen molar-refractivity contribution in [1.82, 2.24) is 9.96 Å². The second kappa shape index (κ2) is 8.70. The average Bonchev–Trinajstić information content (AvgIpc) is 2.91. The number of ether oxygens (including phenoxy) is 1. The van der Waals surface area contributed by atoms with Gasteiger partial charge in [0.05, 0.1) is 13.0 Å². The molecule has 2 aliphatic rings. The summed E-state index contributed by atoms with van der Waals surface area (Å²) in [4.78, 5) is 30.5. The van der Waals surface area contributed by atoms with Crippen molar-refractivity contribution < 1.29 is 19.2 Å². The molecule has 6 nitrogen and oxygen atoms in total. The Hall–Kier alpha value is -1.30. The van der Waals surface area contributed by atoms with Gasteiger partial charge in [-0.3, -0.25) is 9.63 Å². The molecule has 0 aliphatic carbocycles. The van der Waals surface area contributed by atoms with E-state index in [0.717, 1.165) is 45.3 Å². The summed E-state index contributed by atoms with van der Waals surface area (Å²) in [6.07, 6.45) is 6.98. The van der Waals surface area contributed by atoms with Crippen LogP contribution in [0.3, 0.4) is 0 Å². The molecule has 0 spiro atoms. The van der Waals surface area contributed by atoms with E-state index in [1.165, 1.54) is 17.9 Å². The van der Waals surface area contributed by atoms with Crippen LogP contribution in [0.5, 0.6) is 0 Å². The van der Waals surface area contributed by atoms with Crippen LogP contribution in [0.25, 0.3) is 0 Å². The number of hydroxylamine groups is 2. The third-order valence-corrected chi connectivity index (χ3v) is 4.58. The van der Waals surface area contributed by atoms with Gasteiger partial charge in [-0.2, -0.15) is 0 Å². The Morgan fingerprint density at radius 3 is 2.50 bits per heavy atom. The van der Waals surface area contributed by atoms with Crippen molar-refractivity contribution >= 4 is 12.0 Å². The highest BCUT2D eigenvalue weighted by molar-refractivity contribution is 5.76. The lowest BCUT2D eigenvalue weighted by Crippen LogP contribution is -2.41. The first-order valence-electron chi connectivity index (χ1n) is 9.26. The van der Waals surface area contributed by atoms with Crippen molar-refractivity contribution in [3.63, 3.8) is 0 Å². The number of nitrogens with zero attached hydrogens (tertiary/aromatic N) is 2. The van der Waals surface area contributed by atoms with Crippen LogP contribution in [0, 0.1) is 5.92 Å². The molecule has 0 bridgehead atoms. The zero-order chi connectivity index (χ0) is 17.6. The van der Waals surface area contributed by atoms with Gasteiger partial charge in [-0.25, -0.2) is 9.86 Å². The molecule has 0 radical (unpaired) electrons. The van der Waals surface area contributed by atoms with Crippen molar-refractivity contribution in [3.05, 3.63) is 0 Å². The first kappa shape index (κ1) is 19.0. The van der Waals surface area contributed by atoms with Gasteiger partial charge in [0.15, 0.2) is 0 Å². The van der Waals surface area contributed by atoms with Crippen LogP contribution in [-0.4, -0.2) is 53.8 Å². The van der Waals surface area contributed by atoms with E-state index in [9.17, 15) is 9.59 Å². The highest BCUT2D eigenvalue weighted by Crippen LogP contribution is 2.24. The molecule has 0 aromatic rings. The monoisotopic (exact) mass is 340 g/mol. The van der Waals surface area contributed by atoms with E-state index < -0.39 is 5.60 Å². The number of amides is 2. The van der Waals surface area contributed by atoms with E-state index in [1.54, 1.807) is 0 Å². The number of rotatable bonds is 6. The summed E-state index contributed by atoms with van der Waals surface area (Å²) in [6, 6.07) is 0. The Morgan fingerprint density at radius 1 is 1.21 bits per heavy atom. The fourth-order valence-electron chi connectivity index (χ4n) is 3.22. The molecular formula is C18H32N2O4. The topological polar surface area (TPSA) is 59.1 Å². The Bertz CT molecular complexity index is 425. The van der Waals surface area contributed by atoms with Gasteiger partial charge in [0.2, 0.25) is 5.91 Å². The van der Waals surface area contributed by atoms with Crippen LogP contribution < -0.4 is 0 Å². The molecule has 2 fully saturated rings. The molecule has 2 aliphatic heterocycles. The Balaban J connectivity index is 1.53. The quantitative estimate of drug-likeness (QED) is 0.696. The van der Waals surface area contributed by atoms with E-state index in [4.69, 9.17) is 9.57 Å². The van der Waals surface area contributed by atoms with Gasteiger partial charge in [-0.1, -0.05) is 19.3 Å². The molecule has 0 N–H and O–H groups in total. The first-order chi connectivity index (χ1) is 11.3. The van der Waals surface area contributed by atoms with Crippen LogP contribution >= 0.6 is 0 Å². The third kappa shape index (κ3) is 6.30. The molecule has 2 rings (SSSR count). The predicted molar refractivity (Wildman–Crippen MR) is 91.3 cm³/mol. The number of hydrogen-bond acceptors (Lipinski definition) is 4. The molecule has 0 saturated carbocycles. The lowest BCUT2D eigenvalue weighted by atomic mass is 9.91. The van der Waals surface area contributed by atoms with Gasteiger partial charge in [0.1, 0.15) is 5.60 Å². The highest BCUT2D eigenvalue weighted by Gasteiger charge is 2.26. The number of likely N-dealkylation sites (tertiary alicyclic amines) is 1. The SMILES string of the molecule is CC(C)(C)OC(=O)N1CCC(CCCCCN2OCCC2=O)CC1. The van der Waals surface area contributed by atoms with Crippen molar-refractivity contribution in [3.8, 4) is 0 Å². The number of carbonyl (C=O) groups excluding carboxylic acids is 2. The molecule has 0 aromatic carbocycles. The first-order valence-corrected chi connectivity index (χ1v) is 9.26. The van der Waals surface area contributed by atoms with Gasteiger partial charge in [0, 0.05) is 19.6 Å². The summed E-state index contributed by atoms with van der Waals surface area (Å²) in [7, 11) is 0. The second-order valence-corrected chi connectivity index (χ2v) is 7.84. The van der Waals surface area contributed by atoms with E-state index in [1.807, 2.05) is 25.7 Å². The third-order valence-electron chi connectivity index (χ3n) is 4.58. The minimum Gasteiger partial charge on any atom is -0.444 e. The number of piperidine rings is 1. The van der Waals surface area contributed by atoms with Crippen molar-refractivity contribution in [2.45, 2.75) is 71.3 Å². The van der Waals surface area contributed by atoms with E-state index in [0.29, 0.717) is 18.9 Å². The summed E-state index contributed by atoms with van der Waals surface area (Å²) in [5.41, 5.74) is -0.422. The maximum Gasteiger partial charge on any atom is 0.410 e. The lowest BCUT2D eigenvalue weighted by Gasteiger charge is -2.33. The van der Waals surface area contributed by atoms with Gasteiger partial charge in [-0.05, 0) is 46.0 Å². The summed E-state index contributed by atoms with van der Waals surface area (Å²) in [5, 5.41) is 1.51. The average molecular weight is 340 g/mol. The Labute approximate surface area is 145 Å². The number of hydrogen-bond donors (Lipinski definition) is 0. The number of carbonyl (C=O) groups is 2. The Kier molecular flexibility index (Phi) is 6.90. The van der Waals surface area contributed by atoms with Crippen LogP contribution in [0.4, 0.5) is 4.79 Å². The molecule has 0 atom stereocenters. The van der Waals surface area contributed by atoms with Crippen molar-refractivity contribution in [2.24, 2.45) is 5.92 Å². The smallest absolute Gasteiger partial charge is 0.410 e. The van der Waals surface area contributed by atoms with Crippen LogP contribution in [-0.2, 0) is 14.4 Å². The molecule has 0 aromatic heterocycles. The van der Waals surface area contributed by atoms with E-state index in [-0.39, 0.29) is 12.0 Å². The molecule has 138 valence electrons. The Morgan fingerprint density at radius 2 is 1.92 bits per heavy atom. The maximum atomic E-state index is 12.0. The molecule has 6 heteroatoms. The zero-order valence-corrected chi connectivity index (χ0v) is 15.4. The van der Waals surface area contributed by atoms with E-state index in [2.05, 4.69) is 0 Å². The van der Waals surface area contributed by atoms with Crippen LogP contribution in [0.2, 0.25) is 0 Å². The lowest BCUT2D eigenvalue weighted by molar-refractivity contribution is -0.161. The van der Waals surface area contributed by atoms with E-state index >= 15 is 0 Å². The molecule has 0 unspecified atom stereocenters. The largest absolute Gasteiger partial charge is 0.444 e. The summed E-state index contributed by atoms with van der Waals surface area (Å²) in [5.74, 6) is 0.817. The fraction of sp³-hybridized carbons (Fsp3) is 0.889. The van der Waals surface area contributed by atoms with Gasteiger partial charge in [-0.15, -0.1) is 0 Å². The normalized spacial score (nSPS) is 19.9. The minimum atomic E-state index is -0.422. The second-order valence-electron chi connectivity index (χ2n) is 7.84. The number of unbranched alkanes of at least 4 members (excludes halogenated alkanes) is 2. The molecular weight excluding hydrogens is 308 g/mol. The van der Waals surface area contributed by atoms with Crippen molar-refractivity contribution in [1.29, 1.82) is 0 Å². The molecule has 2 heterocycles. The van der Waals surface area contributed by atoms with Crippen molar-refractivity contribution in [2.75, 3.05) is 26.2 Å². The zero-order valence-electron chi connectivity index (χ0n) is 15.4. The van der Waals surface area contributed by atoms with Gasteiger partial charge < -0.3 is 9.64 Å². The maximum absolute atomic E-state index is 12.0. The molecule has 2 amide bonds. The van der Waals surface area contributed by atoms with Crippen LogP contribution in [0.1, 0.15) is 65.7 Å². The van der Waals surface area contributed by atoms with Gasteiger partial charge in [0.25, 0.3) is 0 Å². The van der Waals surface area contributed by atoms with Gasteiger partial charge >= 0.3 is 6.09 Å². The minimum absolute atomic E-state index is 0.115. The summed E-state index contributed by atoms with van der Waals surface area (Å²) in [6.45, 7) is 8.56. The standard InChI is InChI=1S/C18H32N2O4/c1-18(2,3)24-17(22)19-12-8-15(9-13-19)7-5-4-6-11-20-16(21)10-14-23-20/h15H,4-14H2,1-3H3. The highest BCUT2D eigenvalue weighted by atomic mass is 16.7. The summed E-state index contributed by atoms with van der Waals surface area (Å²) >= 11 is 0.